The highest BCUT2D eigenvalue weighted by atomic mass is 16.5. The standard InChI is InChI=1S/C24H28N2O4/c1-4-8-20-21(23(27)30-16(2)3)22(26-24(28)25-20)18-11-13-19(14-12-18)29-15-17-9-6-5-7-10-17/h5-7,9-14,16,22H,4,8,15H2,1-3H3,(H2,25,26,28). The Morgan fingerprint density at radius 3 is 2.40 bits per heavy atom. The zero-order chi connectivity index (χ0) is 21.5. The van der Waals surface area contributed by atoms with Gasteiger partial charge in [0.25, 0.3) is 0 Å². The number of carbonyl (C=O) groups excluding carboxylic acids is 2. The van der Waals surface area contributed by atoms with E-state index in [1.165, 1.54) is 0 Å². The Morgan fingerprint density at radius 1 is 1.07 bits per heavy atom. The average Bonchev–Trinajstić information content (AvgIpc) is 2.72. The largest absolute Gasteiger partial charge is 0.489 e. The highest BCUT2D eigenvalue weighted by Gasteiger charge is 2.33. The molecule has 0 spiro atoms. The molecule has 0 saturated heterocycles. The molecule has 1 aliphatic rings. The summed E-state index contributed by atoms with van der Waals surface area (Å²) in [6.07, 6.45) is 1.14. The Bertz CT molecular complexity index is 905. The number of carbonyl (C=O) groups is 2. The number of allylic oxidation sites excluding steroid dienone is 1. The third-order valence-corrected chi connectivity index (χ3v) is 4.68. The van der Waals surface area contributed by atoms with E-state index >= 15 is 0 Å². The summed E-state index contributed by atoms with van der Waals surface area (Å²) in [6.45, 7) is 6.08. The van der Waals surface area contributed by atoms with E-state index < -0.39 is 12.0 Å². The summed E-state index contributed by atoms with van der Waals surface area (Å²) in [5.41, 5.74) is 2.93. The van der Waals surface area contributed by atoms with E-state index in [9.17, 15) is 9.59 Å². The molecule has 0 saturated carbocycles. The number of benzene rings is 2. The molecular formula is C24H28N2O4. The summed E-state index contributed by atoms with van der Waals surface area (Å²) >= 11 is 0. The number of ether oxygens (including phenoxy) is 2. The van der Waals surface area contributed by atoms with Crippen LogP contribution >= 0.6 is 0 Å². The SMILES string of the molecule is CCCC1=C(C(=O)OC(C)C)C(c2ccc(OCc3ccccc3)cc2)NC(=O)N1. The van der Waals surface area contributed by atoms with E-state index in [1.54, 1.807) is 13.8 Å². The van der Waals surface area contributed by atoms with E-state index in [2.05, 4.69) is 10.6 Å². The first-order valence-corrected chi connectivity index (χ1v) is 10.3. The van der Waals surface area contributed by atoms with Crippen molar-refractivity contribution in [1.82, 2.24) is 10.6 Å². The molecule has 6 nitrogen and oxygen atoms in total. The Hall–Kier alpha value is -3.28. The summed E-state index contributed by atoms with van der Waals surface area (Å²) in [5.74, 6) is 0.294. The fourth-order valence-corrected chi connectivity index (χ4v) is 3.33. The first-order chi connectivity index (χ1) is 14.5. The van der Waals surface area contributed by atoms with Crippen molar-refractivity contribution in [3.63, 3.8) is 0 Å². The van der Waals surface area contributed by atoms with Gasteiger partial charge in [0.2, 0.25) is 0 Å². The van der Waals surface area contributed by atoms with Crippen LogP contribution in [0, 0.1) is 0 Å². The van der Waals surface area contributed by atoms with Gasteiger partial charge in [0.1, 0.15) is 12.4 Å². The van der Waals surface area contributed by atoms with Gasteiger partial charge in [-0.3, -0.25) is 0 Å². The van der Waals surface area contributed by atoms with Crippen LogP contribution in [-0.4, -0.2) is 18.1 Å². The maximum Gasteiger partial charge on any atom is 0.338 e. The minimum absolute atomic E-state index is 0.250. The van der Waals surface area contributed by atoms with Crippen molar-refractivity contribution in [2.24, 2.45) is 0 Å². The van der Waals surface area contributed by atoms with Crippen LogP contribution in [0.4, 0.5) is 4.79 Å². The van der Waals surface area contributed by atoms with Crippen LogP contribution < -0.4 is 15.4 Å². The normalized spacial score (nSPS) is 16.1. The van der Waals surface area contributed by atoms with Crippen molar-refractivity contribution in [3.05, 3.63) is 77.0 Å². The number of hydrogen-bond acceptors (Lipinski definition) is 4. The molecule has 0 radical (unpaired) electrons. The number of urea groups is 1. The number of hydrogen-bond donors (Lipinski definition) is 2. The van der Waals surface area contributed by atoms with E-state index in [1.807, 2.05) is 61.5 Å². The van der Waals surface area contributed by atoms with Gasteiger partial charge in [-0.05, 0) is 43.5 Å². The van der Waals surface area contributed by atoms with Crippen LogP contribution in [0.3, 0.4) is 0 Å². The van der Waals surface area contributed by atoms with Gasteiger partial charge < -0.3 is 20.1 Å². The molecule has 0 fully saturated rings. The molecule has 30 heavy (non-hydrogen) atoms. The Kier molecular flexibility index (Phi) is 7.12. The Labute approximate surface area is 177 Å². The van der Waals surface area contributed by atoms with Gasteiger partial charge in [-0.1, -0.05) is 55.8 Å². The van der Waals surface area contributed by atoms with Gasteiger partial charge in [-0.25, -0.2) is 9.59 Å². The van der Waals surface area contributed by atoms with Gasteiger partial charge >= 0.3 is 12.0 Å². The minimum atomic E-state index is -0.574. The summed E-state index contributed by atoms with van der Waals surface area (Å²) in [4.78, 5) is 25.0. The van der Waals surface area contributed by atoms with Gasteiger partial charge in [0, 0.05) is 5.70 Å². The molecule has 0 aromatic heterocycles. The fourth-order valence-electron chi connectivity index (χ4n) is 3.33. The second-order valence-corrected chi connectivity index (χ2v) is 7.47. The molecule has 0 aliphatic carbocycles. The van der Waals surface area contributed by atoms with Crippen LogP contribution in [0.2, 0.25) is 0 Å². The van der Waals surface area contributed by atoms with Gasteiger partial charge in [-0.2, -0.15) is 0 Å². The van der Waals surface area contributed by atoms with Crippen LogP contribution in [0.25, 0.3) is 0 Å². The average molecular weight is 408 g/mol. The number of esters is 1. The van der Waals surface area contributed by atoms with E-state index in [-0.39, 0.29) is 12.1 Å². The van der Waals surface area contributed by atoms with E-state index in [4.69, 9.17) is 9.47 Å². The van der Waals surface area contributed by atoms with Crippen LogP contribution in [-0.2, 0) is 16.1 Å². The van der Waals surface area contributed by atoms with E-state index in [0.717, 1.165) is 17.5 Å². The maximum absolute atomic E-state index is 12.8. The molecule has 1 unspecified atom stereocenters. The molecular weight excluding hydrogens is 380 g/mol. The lowest BCUT2D eigenvalue weighted by molar-refractivity contribution is -0.143. The van der Waals surface area contributed by atoms with Crippen LogP contribution in [0.15, 0.2) is 65.9 Å². The fraction of sp³-hybridized carbons (Fsp3) is 0.333. The first kappa shape index (κ1) is 21.4. The molecule has 2 N–H and O–H groups in total. The van der Waals surface area contributed by atoms with Crippen molar-refractivity contribution in [1.29, 1.82) is 0 Å². The lowest BCUT2D eigenvalue weighted by Gasteiger charge is -2.30. The topological polar surface area (TPSA) is 76.7 Å². The van der Waals surface area contributed by atoms with Crippen molar-refractivity contribution < 1.29 is 19.1 Å². The highest BCUT2D eigenvalue weighted by molar-refractivity contribution is 5.95. The van der Waals surface area contributed by atoms with Gasteiger partial charge in [-0.15, -0.1) is 0 Å². The Morgan fingerprint density at radius 2 is 1.77 bits per heavy atom. The molecule has 3 rings (SSSR count). The number of rotatable bonds is 8. The predicted molar refractivity (Wildman–Crippen MR) is 115 cm³/mol. The second-order valence-electron chi connectivity index (χ2n) is 7.47. The molecule has 2 aromatic carbocycles. The molecule has 1 atom stereocenters. The lowest BCUT2D eigenvalue weighted by Crippen LogP contribution is -2.46. The molecule has 158 valence electrons. The van der Waals surface area contributed by atoms with Crippen LogP contribution in [0.5, 0.6) is 5.75 Å². The quantitative estimate of drug-likeness (QED) is 0.625. The monoisotopic (exact) mass is 408 g/mol. The van der Waals surface area contributed by atoms with Crippen molar-refractivity contribution in [2.75, 3.05) is 0 Å². The summed E-state index contributed by atoms with van der Waals surface area (Å²) in [5, 5.41) is 5.63. The van der Waals surface area contributed by atoms with Gasteiger partial charge in [0.05, 0.1) is 17.7 Å². The summed E-state index contributed by atoms with van der Waals surface area (Å²) < 4.78 is 11.3. The Balaban J connectivity index is 1.82. The molecule has 2 aromatic rings. The van der Waals surface area contributed by atoms with Crippen molar-refractivity contribution in [3.8, 4) is 5.75 Å². The lowest BCUT2D eigenvalue weighted by atomic mass is 9.93. The third-order valence-electron chi connectivity index (χ3n) is 4.68. The number of nitrogens with one attached hydrogen (secondary N) is 2. The highest BCUT2D eigenvalue weighted by Crippen LogP contribution is 2.30. The predicted octanol–water partition coefficient (Wildman–Crippen LogP) is 4.63. The molecule has 2 amide bonds. The first-order valence-electron chi connectivity index (χ1n) is 10.3. The third kappa shape index (κ3) is 5.41. The molecule has 6 heteroatoms. The molecule has 0 bridgehead atoms. The van der Waals surface area contributed by atoms with Gasteiger partial charge in [0.15, 0.2) is 0 Å². The zero-order valence-corrected chi connectivity index (χ0v) is 17.6. The maximum atomic E-state index is 12.8. The summed E-state index contributed by atoms with van der Waals surface area (Å²) in [6, 6.07) is 16.4. The summed E-state index contributed by atoms with van der Waals surface area (Å²) in [7, 11) is 0. The minimum Gasteiger partial charge on any atom is -0.489 e. The van der Waals surface area contributed by atoms with Crippen LogP contribution in [0.1, 0.15) is 50.8 Å². The van der Waals surface area contributed by atoms with Crippen molar-refractivity contribution in [2.45, 2.75) is 52.4 Å². The number of amides is 2. The smallest absolute Gasteiger partial charge is 0.338 e. The zero-order valence-electron chi connectivity index (χ0n) is 17.6. The molecule has 1 heterocycles. The molecule has 1 aliphatic heterocycles. The second kappa shape index (κ2) is 9.96. The van der Waals surface area contributed by atoms with Crippen molar-refractivity contribution >= 4 is 12.0 Å². The van der Waals surface area contributed by atoms with E-state index in [0.29, 0.717) is 30.0 Å².